The van der Waals surface area contributed by atoms with Gasteiger partial charge in [0.05, 0.1) is 17.6 Å². The van der Waals surface area contributed by atoms with Crippen molar-refractivity contribution in [2.24, 2.45) is 5.92 Å². The van der Waals surface area contributed by atoms with Gasteiger partial charge in [-0.15, -0.1) is 10.2 Å². The molecule has 5 rings (SSSR count). The number of nitrogens with zero attached hydrogens (tertiary/aromatic N) is 4. The molecule has 150 valence electrons. The first-order chi connectivity index (χ1) is 14.6. The molecule has 1 aliphatic rings. The van der Waals surface area contributed by atoms with E-state index in [-0.39, 0.29) is 24.3 Å². The maximum atomic E-state index is 12.9. The number of anilines is 1. The fraction of sp³-hybridized carbons (Fsp3) is 0.217. The molecule has 0 saturated carbocycles. The van der Waals surface area contributed by atoms with E-state index in [9.17, 15) is 9.59 Å². The lowest BCUT2D eigenvalue weighted by Crippen LogP contribution is -2.35. The molecule has 1 aliphatic heterocycles. The van der Waals surface area contributed by atoms with Crippen molar-refractivity contribution < 1.29 is 9.59 Å². The van der Waals surface area contributed by atoms with Crippen molar-refractivity contribution in [2.75, 3.05) is 11.4 Å². The van der Waals surface area contributed by atoms with Gasteiger partial charge in [-0.05, 0) is 30.5 Å². The molecule has 2 unspecified atom stereocenters. The van der Waals surface area contributed by atoms with Gasteiger partial charge in [0.15, 0.2) is 11.5 Å². The molecule has 1 N–H and O–H groups in total. The maximum absolute atomic E-state index is 12.9. The van der Waals surface area contributed by atoms with E-state index < -0.39 is 5.92 Å². The highest BCUT2D eigenvalue weighted by Crippen LogP contribution is 2.32. The van der Waals surface area contributed by atoms with Gasteiger partial charge < -0.3 is 10.2 Å². The Hall–Kier alpha value is -3.74. The molecular weight excluding hydrogens is 378 g/mol. The van der Waals surface area contributed by atoms with Crippen LogP contribution in [0.15, 0.2) is 66.9 Å². The van der Waals surface area contributed by atoms with Crippen molar-refractivity contribution in [3.63, 3.8) is 0 Å². The van der Waals surface area contributed by atoms with Crippen LogP contribution < -0.4 is 10.2 Å². The number of carbonyl (C=O) groups is 2. The lowest BCUT2D eigenvalue weighted by molar-refractivity contribution is -0.126. The van der Waals surface area contributed by atoms with Gasteiger partial charge in [0.25, 0.3) is 0 Å². The Morgan fingerprint density at radius 2 is 1.87 bits per heavy atom. The minimum Gasteiger partial charge on any atom is -0.346 e. The van der Waals surface area contributed by atoms with E-state index in [0.29, 0.717) is 12.4 Å². The van der Waals surface area contributed by atoms with Gasteiger partial charge >= 0.3 is 0 Å². The Morgan fingerprint density at radius 3 is 2.77 bits per heavy atom. The summed E-state index contributed by atoms with van der Waals surface area (Å²) in [6, 6.07) is 19.2. The Labute approximate surface area is 173 Å². The molecule has 0 aliphatic carbocycles. The number of rotatable bonds is 4. The number of pyridine rings is 1. The van der Waals surface area contributed by atoms with Gasteiger partial charge in [-0.25, -0.2) is 0 Å². The first kappa shape index (κ1) is 18.3. The number of benzene rings is 2. The molecule has 1 saturated heterocycles. The highest BCUT2D eigenvalue weighted by molar-refractivity contribution is 6.07. The second-order valence-corrected chi connectivity index (χ2v) is 7.62. The molecule has 0 spiro atoms. The Bertz CT molecular complexity index is 1260. The van der Waals surface area contributed by atoms with Crippen LogP contribution in [0.2, 0.25) is 0 Å². The number of hydrogen-bond donors (Lipinski definition) is 1. The summed E-state index contributed by atoms with van der Waals surface area (Å²) in [6.07, 6.45) is 2.07. The SMILES string of the molecule is CC(NC(=O)C1CC(=O)N(c2cccc3ccccc23)C1)c1nnc2ccccn12. The molecular formula is C23H21N5O2. The predicted octanol–water partition coefficient (Wildman–Crippen LogP) is 3.11. The molecule has 7 nitrogen and oxygen atoms in total. The third-order valence-electron chi connectivity index (χ3n) is 5.64. The molecule has 4 aromatic rings. The summed E-state index contributed by atoms with van der Waals surface area (Å²) in [5.41, 5.74) is 1.58. The first-order valence-electron chi connectivity index (χ1n) is 10.00. The predicted molar refractivity (Wildman–Crippen MR) is 114 cm³/mol. The van der Waals surface area contributed by atoms with Crippen LogP contribution >= 0.6 is 0 Å². The molecule has 1 fully saturated rings. The summed E-state index contributed by atoms with van der Waals surface area (Å²) in [6.45, 7) is 2.24. The summed E-state index contributed by atoms with van der Waals surface area (Å²) >= 11 is 0. The standard InChI is InChI=1S/C23H21N5O2/c1-15(22-26-25-20-11-4-5-12-27(20)22)24-23(30)17-13-21(29)28(14-17)19-10-6-8-16-7-2-3-9-18(16)19/h2-12,15,17H,13-14H2,1H3,(H,24,30). The van der Waals surface area contributed by atoms with Gasteiger partial charge in [0, 0.05) is 24.5 Å². The molecule has 0 radical (unpaired) electrons. The van der Waals surface area contributed by atoms with Gasteiger partial charge in [0.2, 0.25) is 11.8 Å². The van der Waals surface area contributed by atoms with Crippen LogP contribution in [0.3, 0.4) is 0 Å². The van der Waals surface area contributed by atoms with Gasteiger partial charge in [-0.2, -0.15) is 0 Å². The fourth-order valence-electron chi connectivity index (χ4n) is 4.11. The van der Waals surface area contributed by atoms with Crippen molar-refractivity contribution >= 4 is 33.9 Å². The van der Waals surface area contributed by atoms with Gasteiger partial charge in [-0.1, -0.05) is 42.5 Å². The second kappa shape index (κ2) is 7.26. The van der Waals surface area contributed by atoms with E-state index in [0.717, 1.165) is 22.1 Å². The van der Waals surface area contributed by atoms with E-state index in [4.69, 9.17) is 0 Å². The van der Waals surface area contributed by atoms with Crippen LogP contribution in [0.4, 0.5) is 5.69 Å². The van der Waals surface area contributed by atoms with Gasteiger partial charge in [0.1, 0.15) is 0 Å². The minimum absolute atomic E-state index is 0.0351. The average Bonchev–Trinajstić information content (AvgIpc) is 3.37. The first-order valence-corrected chi connectivity index (χ1v) is 10.00. The van der Waals surface area contributed by atoms with Crippen LogP contribution in [0.1, 0.15) is 25.2 Å². The third-order valence-corrected chi connectivity index (χ3v) is 5.64. The molecule has 2 amide bonds. The van der Waals surface area contributed by atoms with Crippen molar-refractivity contribution in [3.05, 3.63) is 72.7 Å². The molecule has 2 aromatic heterocycles. The fourth-order valence-corrected chi connectivity index (χ4v) is 4.11. The monoisotopic (exact) mass is 399 g/mol. The molecule has 2 atom stereocenters. The molecule has 3 heterocycles. The normalized spacial score (nSPS) is 17.6. The maximum Gasteiger partial charge on any atom is 0.227 e. The Morgan fingerprint density at radius 1 is 1.07 bits per heavy atom. The largest absolute Gasteiger partial charge is 0.346 e. The van der Waals surface area contributed by atoms with Crippen LogP contribution in [-0.2, 0) is 9.59 Å². The number of hydrogen-bond acceptors (Lipinski definition) is 4. The summed E-state index contributed by atoms with van der Waals surface area (Å²) < 4.78 is 1.85. The van der Waals surface area contributed by atoms with Crippen LogP contribution in [-0.4, -0.2) is 33.0 Å². The van der Waals surface area contributed by atoms with E-state index in [1.165, 1.54) is 0 Å². The lowest BCUT2D eigenvalue weighted by Gasteiger charge is -2.19. The van der Waals surface area contributed by atoms with Crippen molar-refractivity contribution in [1.82, 2.24) is 19.9 Å². The van der Waals surface area contributed by atoms with Crippen LogP contribution in [0.25, 0.3) is 16.4 Å². The van der Waals surface area contributed by atoms with Gasteiger partial charge in [-0.3, -0.25) is 14.0 Å². The summed E-state index contributed by atoms with van der Waals surface area (Å²) in [7, 11) is 0. The quantitative estimate of drug-likeness (QED) is 0.572. The summed E-state index contributed by atoms with van der Waals surface area (Å²) in [4.78, 5) is 27.4. The topological polar surface area (TPSA) is 79.6 Å². The zero-order valence-corrected chi connectivity index (χ0v) is 16.5. The van der Waals surface area contributed by atoms with Crippen molar-refractivity contribution in [2.45, 2.75) is 19.4 Å². The Balaban J connectivity index is 1.34. The number of carbonyl (C=O) groups excluding carboxylic acids is 2. The molecule has 7 heteroatoms. The average molecular weight is 399 g/mol. The summed E-state index contributed by atoms with van der Waals surface area (Å²) in [5.74, 6) is 0.0747. The lowest BCUT2D eigenvalue weighted by atomic mass is 10.1. The highest BCUT2D eigenvalue weighted by Gasteiger charge is 2.36. The number of amides is 2. The number of fused-ring (bicyclic) bond motifs is 2. The zero-order chi connectivity index (χ0) is 20.7. The second-order valence-electron chi connectivity index (χ2n) is 7.62. The van der Waals surface area contributed by atoms with E-state index in [1.54, 1.807) is 4.90 Å². The smallest absolute Gasteiger partial charge is 0.227 e. The van der Waals surface area contributed by atoms with Crippen LogP contribution in [0.5, 0.6) is 0 Å². The molecule has 0 bridgehead atoms. The number of nitrogens with one attached hydrogen (secondary N) is 1. The van der Waals surface area contributed by atoms with E-state index in [2.05, 4.69) is 15.5 Å². The zero-order valence-electron chi connectivity index (χ0n) is 16.5. The third kappa shape index (κ3) is 3.08. The van der Waals surface area contributed by atoms with Crippen molar-refractivity contribution in [3.8, 4) is 0 Å². The number of aromatic nitrogens is 3. The highest BCUT2D eigenvalue weighted by atomic mass is 16.2. The Kier molecular flexibility index (Phi) is 4.43. The molecule has 30 heavy (non-hydrogen) atoms. The van der Waals surface area contributed by atoms with Crippen molar-refractivity contribution in [1.29, 1.82) is 0 Å². The minimum atomic E-state index is -0.405. The van der Waals surface area contributed by atoms with E-state index in [1.807, 2.05) is 78.2 Å². The molecule has 2 aromatic carbocycles. The van der Waals surface area contributed by atoms with E-state index >= 15 is 0 Å². The summed E-state index contributed by atoms with van der Waals surface area (Å²) in [5, 5.41) is 13.4. The van der Waals surface area contributed by atoms with Crippen LogP contribution in [0, 0.1) is 5.92 Å².